The summed E-state index contributed by atoms with van der Waals surface area (Å²) < 4.78 is 10.8. The Labute approximate surface area is 129 Å². The molecule has 0 bridgehead atoms. The summed E-state index contributed by atoms with van der Waals surface area (Å²) in [6.45, 7) is 1.18. The van der Waals surface area contributed by atoms with Crippen LogP contribution in [0.15, 0.2) is 48.5 Å². The highest BCUT2D eigenvalue weighted by atomic mass is 32.1. The first-order valence-corrected chi connectivity index (χ1v) is 7.01. The normalized spacial score (nSPS) is 9.95. The van der Waals surface area contributed by atoms with E-state index in [0.717, 1.165) is 22.7 Å². The van der Waals surface area contributed by atoms with Crippen molar-refractivity contribution in [3.8, 4) is 11.5 Å². The molecule has 0 fully saturated rings. The fourth-order valence-corrected chi connectivity index (χ4v) is 2.06. The summed E-state index contributed by atoms with van der Waals surface area (Å²) in [5.41, 5.74) is 7.36. The zero-order chi connectivity index (χ0) is 15.1. The SMILES string of the molecule is COc1ccc(C(N)=S)c(NCCOc2ccccc2)c1. The average molecular weight is 302 g/mol. The number of methoxy groups -OCH3 is 1. The van der Waals surface area contributed by atoms with Gasteiger partial charge in [-0.1, -0.05) is 30.4 Å². The number of benzene rings is 2. The van der Waals surface area contributed by atoms with Gasteiger partial charge in [0.25, 0.3) is 0 Å². The lowest BCUT2D eigenvalue weighted by Crippen LogP contribution is -2.16. The third kappa shape index (κ3) is 4.36. The number of anilines is 1. The molecule has 5 heteroatoms. The molecule has 0 atom stereocenters. The molecule has 0 spiro atoms. The molecule has 0 aliphatic heterocycles. The number of para-hydroxylation sites is 1. The van der Waals surface area contributed by atoms with Crippen molar-refractivity contribution in [2.75, 3.05) is 25.6 Å². The topological polar surface area (TPSA) is 56.5 Å². The Hall–Kier alpha value is -2.27. The van der Waals surface area contributed by atoms with E-state index in [-0.39, 0.29) is 0 Å². The Bertz CT molecular complexity index is 602. The minimum Gasteiger partial charge on any atom is -0.497 e. The number of nitrogens with one attached hydrogen (secondary N) is 1. The van der Waals surface area contributed by atoms with Gasteiger partial charge < -0.3 is 20.5 Å². The van der Waals surface area contributed by atoms with E-state index in [0.29, 0.717) is 18.1 Å². The molecule has 110 valence electrons. The molecule has 2 rings (SSSR count). The largest absolute Gasteiger partial charge is 0.497 e. The van der Waals surface area contributed by atoms with Crippen LogP contribution in [0.25, 0.3) is 0 Å². The van der Waals surface area contributed by atoms with Crippen LogP contribution >= 0.6 is 12.2 Å². The van der Waals surface area contributed by atoms with Gasteiger partial charge in [-0.2, -0.15) is 0 Å². The van der Waals surface area contributed by atoms with E-state index in [2.05, 4.69) is 5.32 Å². The number of hydrogen-bond acceptors (Lipinski definition) is 4. The number of ether oxygens (including phenoxy) is 2. The van der Waals surface area contributed by atoms with Gasteiger partial charge >= 0.3 is 0 Å². The lowest BCUT2D eigenvalue weighted by molar-refractivity contribution is 0.333. The highest BCUT2D eigenvalue weighted by Crippen LogP contribution is 2.22. The molecule has 0 saturated carbocycles. The van der Waals surface area contributed by atoms with Crippen molar-refractivity contribution in [1.29, 1.82) is 0 Å². The third-order valence-corrected chi connectivity index (χ3v) is 3.14. The molecular weight excluding hydrogens is 284 g/mol. The Morgan fingerprint density at radius 2 is 1.90 bits per heavy atom. The van der Waals surface area contributed by atoms with E-state index in [4.69, 9.17) is 27.4 Å². The maximum Gasteiger partial charge on any atom is 0.120 e. The zero-order valence-corrected chi connectivity index (χ0v) is 12.7. The fourth-order valence-electron chi connectivity index (χ4n) is 1.88. The number of rotatable bonds is 7. The lowest BCUT2D eigenvalue weighted by Gasteiger charge is -2.13. The van der Waals surface area contributed by atoms with Crippen molar-refractivity contribution in [2.24, 2.45) is 5.73 Å². The van der Waals surface area contributed by atoms with Crippen LogP contribution in [-0.4, -0.2) is 25.2 Å². The predicted molar refractivity (Wildman–Crippen MR) is 89.3 cm³/mol. The molecule has 0 aromatic heterocycles. The number of thiocarbonyl (C=S) groups is 1. The Morgan fingerprint density at radius 1 is 1.14 bits per heavy atom. The number of nitrogens with two attached hydrogens (primary N) is 1. The minimum absolute atomic E-state index is 0.351. The molecule has 21 heavy (non-hydrogen) atoms. The van der Waals surface area contributed by atoms with Gasteiger partial charge in [-0.05, 0) is 24.3 Å². The average Bonchev–Trinajstić information content (AvgIpc) is 2.52. The van der Waals surface area contributed by atoms with Gasteiger partial charge in [-0.25, -0.2) is 0 Å². The van der Waals surface area contributed by atoms with Crippen LogP contribution in [0.2, 0.25) is 0 Å². The predicted octanol–water partition coefficient (Wildman–Crippen LogP) is 2.82. The maximum atomic E-state index is 5.72. The summed E-state index contributed by atoms with van der Waals surface area (Å²) in [5.74, 6) is 1.60. The number of hydrogen-bond donors (Lipinski definition) is 2. The van der Waals surface area contributed by atoms with Crippen LogP contribution in [0.5, 0.6) is 11.5 Å². The van der Waals surface area contributed by atoms with Gasteiger partial charge in [0.05, 0.1) is 7.11 Å². The summed E-state index contributed by atoms with van der Waals surface area (Å²) >= 11 is 5.05. The van der Waals surface area contributed by atoms with E-state index in [1.165, 1.54) is 0 Å². The van der Waals surface area contributed by atoms with Crippen LogP contribution in [0.3, 0.4) is 0 Å². The summed E-state index contributed by atoms with van der Waals surface area (Å²) in [5, 5.41) is 3.27. The van der Waals surface area contributed by atoms with Gasteiger partial charge in [-0.15, -0.1) is 0 Å². The standard InChI is InChI=1S/C16H18N2O2S/c1-19-13-7-8-14(16(17)21)15(11-13)18-9-10-20-12-5-3-2-4-6-12/h2-8,11,18H,9-10H2,1H3,(H2,17,21). The molecule has 2 aromatic carbocycles. The summed E-state index contributed by atoms with van der Waals surface area (Å²) in [6.07, 6.45) is 0. The molecule has 4 nitrogen and oxygen atoms in total. The second-order valence-corrected chi connectivity index (χ2v) is 4.80. The first-order chi connectivity index (χ1) is 10.2. The maximum absolute atomic E-state index is 5.72. The van der Waals surface area contributed by atoms with Crippen LogP contribution in [0.4, 0.5) is 5.69 Å². The molecule has 0 radical (unpaired) electrons. The van der Waals surface area contributed by atoms with Crippen molar-refractivity contribution in [3.63, 3.8) is 0 Å². The highest BCUT2D eigenvalue weighted by Gasteiger charge is 2.06. The second kappa shape index (κ2) is 7.50. The minimum atomic E-state index is 0.351. The smallest absolute Gasteiger partial charge is 0.120 e. The van der Waals surface area contributed by atoms with Gasteiger partial charge in [0.1, 0.15) is 23.1 Å². The van der Waals surface area contributed by atoms with Crippen LogP contribution in [0.1, 0.15) is 5.56 Å². The molecule has 3 N–H and O–H groups in total. The van der Waals surface area contributed by atoms with Gasteiger partial charge in [0.15, 0.2) is 0 Å². The Morgan fingerprint density at radius 3 is 2.57 bits per heavy atom. The second-order valence-electron chi connectivity index (χ2n) is 4.36. The molecule has 2 aromatic rings. The van der Waals surface area contributed by atoms with Crippen LogP contribution in [-0.2, 0) is 0 Å². The molecule has 0 aliphatic carbocycles. The Kier molecular flexibility index (Phi) is 5.40. The van der Waals surface area contributed by atoms with E-state index < -0.39 is 0 Å². The van der Waals surface area contributed by atoms with Gasteiger partial charge in [-0.3, -0.25) is 0 Å². The molecular formula is C16H18N2O2S. The van der Waals surface area contributed by atoms with Crippen molar-refractivity contribution in [2.45, 2.75) is 0 Å². The summed E-state index contributed by atoms with van der Waals surface area (Å²) in [6, 6.07) is 15.2. The quantitative estimate of drug-likeness (QED) is 0.608. The Balaban J connectivity index is 1.94. The molecule has 0 saturated heterocycles. The van der Waals surface area contributed by atoms with Crippen LogP contribution < -0.4 is 20.5 Å². The summed E-state index contributed by atoms with van der Waals surface area (Å²) in [7, 11) is 1.62. The van der Waals surface area contributed by atoms with E-state index in [1.54, 1.807) is 7.11 Å². The molecule has 0 unspecified atom stereocenters. The van der Waals surface area contributed by atoms with Crippen molar-refractivity contribution in [3.05, 3.63) is 54.1 Å². The van der Waals surface area contributed by atoms with Gasteiger partial charge in [0, 0.05) is 23.9 Å². The monoisotopic (exact) mass is 302 g/mol. The van der Waals surface area contributed by atoms with Crippen LogP contribution in [0, 0.1) is 0 Å². The molecule has 0 aliphatic rings. The van der Waals surface area contributed by atoms with Crippen molar-refractivity contribution in [1.82, 2.24) is 0 Å². The lowest BCUT2D eigenvalue weighted by atomic mass is 10.1. The van der Waals surface area contributed by atoms with Gasteiger partial charge in [0.2, 0.25) is 0 Å². The first kappa shape index (κ1) is 15.1. The van der Waals surface area contributed by atoms with Crippen molar-refractivity contribution < 1.29 is 9.47 Å². The highest BCUT2D eigenvalue weighted by molar-refractivity contribution is 7.80. The van der Waals surface area contributed by atoms with E-state index in [9.17, 15) is 0 Å². The molecule has 0 heterocycles. The fraction of sp³-hybridized carbons (Fsp3) is 0.188. The third-order valence-electron chi connectivity index (χ3n) is 2.92. The van der Waals surface area contributed by atoms with E-state index >= 15 is 0 Å². The summed E-state index contributed by atoms with van der Waals surface area (Å²) in [4.78, 5) is 0.351. The van der Waals surface area contributed by atoms with E-state index in [1.807, 2.05) is 48.5 Å². The zero-order valence-electron chi connectivity index (χ0n) is 11.8. The molecule has 0 amide bonds. The first-order valence-electron chi connectivity index (χ1n) is 6.60. The van der Waals surface area contributed by atoms with Crippen molar-refractivity contribution >= 4 is 22.9 Å².